The van der Waals surface area contributed by atoms with E-state index in [0.29, 0.717) is 28.9 Å². The van der Waals surface area contributed by atoms with Crippen molar-refractivity contribution in [2.45, 2.75) is 26.7 Å². The number of likely N-dealkylation sites (N-methyl/N-ethyl adjacent to an activating group) is 1. The summed E-state index contributed by atoms with van der Waals surface area (Å²) in [5.74, 6) is 0.368. The molecule has 2 aromatic rings. The zero-order valence-corrected chi connectivity index (χ0v) is 16.8. The van der Waals surface area contributed by atoms with Crippen molar-refractivity contribution in [1.82, 2.24) is 4.90 Å². The zero-order valence-electron chi connectivity index (χ0n) is 16.0. The van der Waals surface area contributed by atoms with Crippen LogP contribution in [0.1, 0.15) is 32.3 Å². The summed E-state index contributed by atoms with van der Waals surface area (Å²) in [6.07, 6.45) is 3.90. The van der Waals surface area contributed by atoms with Crippen LogP contribution < -0.4 is 4.74 Å². The molecule has 146 valence electrons. The Hall–Kier alpha value is -2.60. The highest BCUT2D eigenvalue weighted by Gasteiger charge is 2.32. The van der Waals surface area contributed by atoms with Crippen LogP contribution in [0, 0.1) is 5.82 Å². The van der Waals surface area contributed by atoms with Crippen molar-refractivity contribution in [2.75, 3.05) is 13.2 Å². The summed E-state index contributed by atoms with van der Waals surface area (Å²) < 4.78 is 19.0. The van der Waals surface area contributed by atoms with E-state index in [1.54, 1.807) is 17.0 Å². The second-order valence-electron chi connectivity index (χ2n) is 6.27. The highest BCUT2D eigenvalue weighted by molar-refractivity contribution is 8.18. The Morgan fingerprint density at radius 3 is 2.61 bits per heavy atom. The lowest BCUT2D eigenvalue weighted by molar-refractivity contribution is -0.122. The number of amides is 1. The molecular formula is C22H23FN2O2S. The number of amidine groups is 1. The van der Waals surface area contributed by atoms with E-state index >= 15 is 0 Å². The molecule has 28 heavy (non-hydrogen) atoms. The van der Waals surface area contributed by atoms with E-state index < -0.39 is 0 Å². The van der Waals surface area contributed by atoms with Crippen LogP contribution in [0.5, 0.6) is 5.75 Å². The van der Waals surface area contributed by atoms with Crippen LogP contribution in [0.15, 0.2) is 58.4 Å². The lowest BCUT2D eigenvalue weighted by atomic mass is 10.2. The molecule has 0 saturated carbocycles. The Morgan fingerprint density at radius 1 is 1.14 bits per heavy atom. The third-order valence-corrected chi connectivity index (χ3v) is 5.22. The summed E-state index contributed by atoms with van der Waals surface area (Å²) in [6, 6.07) is 13.6. The predicted molar refractivity (Wildman–Crippen MR) is 113 cm³/mol. The van der Waals surface area contributed by atoms with E-state index in [1.807, 2.05) is 37.3 Å². The molecule has 0 aromatic heterocycles. The summed E-state index contributed by atoms with van der Waals surface area (Å²) >= 11 is 1.32. The summed E-state index contributed by atoms with van der Waals surface area (Å²) in [5.41, 5.74) is 1.48. The average Bonchev–Trinajstić information content (AvgIpc) is 2.99. The number of aliphatic imine (C=N–C) groups is 1. The van der Waals surface area contributed by atoms with Gasteiger partial charge in [0.2, 0.25) is 0 Å². The maximum atomic E-state index is 13.1. The minimum Gasteiger partial charge on any atom is -0.493 e. The van der Waals surface area contributed by atoms with Crippen molar-refractivity contribution in [2.24, 2.45) is 4.99 Å². The Bertz CT molecular complexity index is 894. The molecule has 1 fully saturated rings. The summed E-state index contributed by atoms with van der Waals surface area (Å²) in [5, 5.41) is 0.592. The Labute approximate surface area is 169 Å². The maximum absolute atomic E-state index is 13.1. The number of unbranched alkanes of at least 4 members (excludes halogenated alkanes) is 1. The van der Waals surface area contributed by atoms with Gasteiger partial charge in [0.05, 0.1) is 17.2 Å². The van der Waals surface area contributed by atoms with Crippen molar-refractivity contribution in [1.29, 1.82) is 0 Å². The number of nitrogens with zero attached hydrogens (tertiary/aromatic N) is 2. The van der Waals surface area contributed by atoms with Gasteiger partial charge in [0.1, 0.15) is 11.6 Å². The van der Waals surface area contributed by atoms with E-state index in [2.05, 4.69) is 11.9 Å². The third kappa shape index (κ3) is 4.81. The SMILES string of the molecule is CCCCOc1ccccc1/C=C1/SC(=Nc2ccc(F)cc2)N(CC)C1=O. The lowest BCUT2D eigenvalue weighted by Gasteiger charge is -2.12. The van der Waals surface area contributed by atoms with Gasteiger partial charge in [0.25, 0.3) is 5.91 Å². The van der Waals surface area contributed by atoms with Gasteiger partial charge in [0, 0.05) is 12.1 Å². The van der Waals surface area contributed by atoms with Gasteiger partial charge in [-0.05, 0) is 61.5 Å². The smallest absolute Gasteiger partial charge is 0.266 e. The normalized spacial score (nSPS) is 17.0. The molecular weight excluding hydrogens is 375 g/mol. The number of thioether (sulfide) groups is 1. The molecule has 6 heteroatoms. The fraction of sp³-hybridized carbons (Fsp3) is 0.273. The fourth-order valence-corrected chi connectivity index (χ4v) is 3.75. The molecule has 0 atom stereocenters. The molecule has 0 N–H and O–H groups in total. The maximum Gasteiger partial charge on any atom is 0.266 e. The monoisotopic (exact) mass is 398 g/mol. The Kier molecular flexibility index (Phi) is 6.87. The molecule has 0 spiro atoms. The van der Waals surface area contributed by atoms with Crippen molar-refractivity contribution in [3.05, 3.63) is 64.8 Å². The van der Waals surface area contributed by atoms with Gasteiger partial charge in [-0.3, -0.25) is 9.69 Å². The fourth-order valence-electron chi connectivity index (χ4n) is 2.70. The molecule has 0 radical (unpaired) electrons. The van der Waals surface area contributed by atoms with Crippen molar-refractivity contribution in [3.63, 3.8) is 0 Å². The number of carbonyl (C=O) groups is 1. The van der Waals surface area contributed by atoms with Crippen LogP contribution >= 0.6 is 11.8 Å². The average molecular weight is 399 g/mol. The van der Waals surface area contributed by atoms with Gasteiger partial charge in [0.15, 0.2) is 5.17 Å². The standard InChI is InChI=1S/C22H23FN2O2S/c1-3-5-14-27-19-9-7-6-8-16(19)15-20-21(26)25(4-2)22(28-20)24-18-12-10-17(23)11-13-18/h6-13,15H,3-5,14H2,1-2H3/b20-15+,24-22?. The topological polar surface area (TPSA) is 41.9 Å². The molecule has 1 saturated heterocycles. The number of halogens is 1. The molecule has 3 rings (SSSR count). The highest BCUT2D eigenvalue weighted by Crippen LogP contribution is 2.35. The number of hydrogen-bond donors (Lipinski definition) is 0. The minimum atomic E-state index is -0.313. The van der Waals surface area contributed by atoms with Gasteiger partial charge in [-0.25, -0.2) is 9.38 Å². The van der Waals surface area contributed by atoms with E-state index in [0.717, 1.165) is 24.2 Å². The van der Waals surface area contributed by atoms with Crippen molar-refractivity contribution < 1.29 is 13.9 Å². The van der Waals surface area contributed by atoms with Gasteiger partial charge in [-0.15, -0.1) is 0 Å². The molecule has 1 aliphatic rings. The first-order chi connectivity index (χ1) is 13.6. The van der Waals surface area contributed by atoms with Crippen LogP contribution in [0.25, 0.3) is 6.08 Å². The summed E-state index contributed by atoms with van der Waals surface area (Å²) in [7, 11) is 0. The summed E-state index contributed by atoms with van der Waals surface area (Å²) in [4.78, 5) is 19.6. The molecule has 4 nitrogen and oxygen atoms in total. The number of benzene rings is 2. The molecule has 0 unspecified atom stereocenters. The van der Waals surface area contributed by atoms with E-state index in [-0.39, 0.29) is 11.7 Å². The second kappa shape index (κ2) is 9.55. The van der Waals surface area contributed by atoms with Crippen LogP contribution in [-0.2, 0) is 4.79 Å². The highest BCUT2D eigenvalue weighted by atomic mass is 32.2. The first kappa shape index (κ1) is 20.1. The quantitative estimate of drug-likeness (QED) is 0.448. The van der Waals surface area contributed by atoms with E-state index in [9.17, 15) is 9.18 Å². The van der Waals surface area contributed by atoms with Crippen LogP contribution in [0.4, 0.5) is 10.1 Å². The molecule has 1 heterocycles. The number of carbonyl (C=O) groups excluding carboxylic acids is 1. The third-order valence-electron chi connectivity index (χ3n) is 4.22. The largest absolute Gasteiger partial charge is 0.493 e. The number of ether oxygens (including phenoxy) is 1. The molecule has 0 bridgehead atoms. The molecule has 2 aromatic carbocycles. The molecule has 0 aliphatic carbocycles. The Morgan fingerprint density at radius 2 is 1.89 bits per heavy atom. The number of hydrogen-bond acceptors (Lipinski definition) is 4. The van der Waals surface area contributed by atoms with Gasteiger partial charge in [-0.1, -0.05) is 31.5 Å². The van der Waals surface area contributed by atoms with Crippen molar-refractivity contribution in [3.8, 4) is 5.75 Å². The summed E-state index contributed by atoms with van der Waals surface area (Å²) in [6.45, 7) is 5.18. The van der Waals surface area contributed by atoms with Crippen molar-refractivity contribution >= 4 is 34.6 Å². The first-order valence-electron chi connectivity index (χ1n) is 9.40. The predicted octanol–water partition coefficient (Wildman–Crippen LogP) is 5.63. The van der Waals surface area contributed by atoms with Gasteiger partial charge in [-0.2, -0.15) is 0 Å². The number of para-hydroxylation sites is 1. The van der Waals surface area contributed by atoms with Crippen LogP contribution in [-0.4, -0.2) is 29.1 Å². The van der Waals surface area contributed by atoms with Gasteiger partial charge < -0.3 is 4.74 Å². The zero-order chi connectivity index (χ0) is 19.9. The van der Waals surface area contributed by atoms with Crippen LogP contribution in [0.2, 0.25) is 0 Å². The molecule has 1 aliphatic heterocycles. The van der Waals surface area contributed by atoms with Crippen LogP contribution in [0.3, 0.4) is 0 Å². The minimum absolute atomic E-state index is 0.0864. The lowest BCUT2D eigenvalue weighted by Crippen LogP contribution is -2.28. The van der Waals surface area contributed by atoms with Gasteiger partial charge >= 0.3 is 0 Å². The number of rotatable bonds is 7. The van der Waals surface area contributed by atoms with E-state index in [1.165, 1.54) is 23.9 Å². The Balaban J connectivity index is 1.87. The second-order valence-corrected chi connectivity index (χ2v) is 7.28. The molecule has 1 amide bonds. The van der Waals surface area contributed by atoms with E-state index in [4.69, 9.17) is 4.74 Å². The first-order valence-corrected chi connectivity index (χ1v) is 10.2.